The molecule has 0 spiro atoms. The first kappa shape index (κ1) is 23.2. The summed E-state index contributed by atoms with van der Waals surface area (Å²) < 4.78 is 16.5. The van der Waals surface area contributed by atoms with Gasteiger partial charge >= 0.3 is 5.97 Å². The maximum Gasteiger partial charge on any atom is 0.352 e. The van der Waals surface area contributed by atoms with Crippen LogP contribution in [0.2, 0.25) is 0 Å². The molecule has 1 amide bonds. The molecule has 0 aromatic heterocycles. The molecule has 0 heterocycles. The Labute approximate surface area is 188 Å². The van der Waals surface area contributed by atoms with E-state index in [1.165, 1.54) is 26.0 Å². The molecule has 3 rings (SSSR count). The lowest BCUT2D eigenvalue weighted by atomic mass is 10.0. The second-order valence-electron chi connectivity index (χ2n) is 7.76. The highest BCUT2D eigenvalue weighted by molar-refractivity contribution is 5.96. The molecule has 32 heavy (non-hydrogen) atoms. The summed E-state index contributed by atoms with van der Waals surface area (Å²) in [5.74, 6) is 1.21. The number of methoxy groups -OCH3 is 2. The number of rotatable bonds is 10. The second-order valence-corrected chi connectivity index (χ2v) is 7.76. The minimum atomic E-state index is -1.18. The maximum atomic E-state index is 12.2. The molecular formula is C25H29NO6. The van der Waals surface area contributed by atoms with Gasteiger partial charge in [-0.15, -0.1) is 0 Å². The van der Waals surface area contributed by atoms with Crippen LogP contribution >= 0.6 is 0 Å². The molecule has 0 bridgehead atoms. The molecule has 0 radical (unpaired) electrons. The molecule has 2 N–H and O–H groups in total. The van der Waals surface area contributed by atoms with Gasteiger partial charge in [0.2, 0.25) is 11.7 Å². The van der Waals surface area contributed by atoms with Gasteiger partial charge in [-0.1, -0.05) is 43.9 Å². The molecule has 2 aromatic rings. The largest absolute Gasteiger partial charge is 0.493 e. The summed E-state index contributed by atoms with van der Waals surface area (Å²) in [6.45, 7) is 0. The predicted octanol–water partition coefficient (Wildman–Crippen LogP) is 5.01. The number of carboxylic acids is 1. The van der Waals surface area contributed by atoms with Crippen molar-refractivity contribution >= 4 is 18.0 Å². The number of aliphatic carboxylic acids is 1. The van der Waals surface area contributed by atoms with Crippen LogP contribution in [0.25, 0.3) is 6.08 Å². The summed E-state index contributed by atoms with van der Waals surface area (Å²) in [7, 11) is 3.09. The number of carbonyl (C=O) groups is 2. The minimum absolute atomic E-state index is 0.149. The van der Waals surface area contributed by atoms with E-state index >= 15 is 0 Å². The van der Waals surface area contributed by atoms with Crippen LogP contribution in [0.1, 0.15) is 44.1 Å². The third-order valence-electron chi connectivity index (χ3n) is 5.54. The first-order chi connectivity index (χ1) is 15.5. The number of nitrogens with one attached hydrogen (secondary N) is 1. The van der Waals surface area contributed by atoms with Crippen molar-refractivity contribution in [3.63, 3.8) is 0 Å². The number of ether oxygens (including phenoxy) is 3. The van der Waals surface area contributed by atoms with Crippen molar-refractivity contribution in [1.29, 1.82) is 0 Å². The summed E-state index contributed by atoms with van der Waals surface area (Å²) >= 11 is 0. The van der Waals surface area contributed by atoms with Crippen LogP contribution in [0.4, 0.5) is 0 Å². The Morgan fingerprint density at radius 1 is 1.03 bits per heavy atom. The lowest BCUT2D eigenvalue weighted by Gasteiger charge is -2.13. The fraction of sp³-hybridized carbons (Fsp3) is 0.360. The normalized spacial score (nSPS) is 14.1. The third kappa shape index (κ3) is 6.26. The van der Waals surface area contributed by atoms with Gasteiger partial charge in [0.15, 0.2) is 11.5 Å². The van der Waals surface area contributed by atoms with E-state index in [0.29, 0.717) is 40.9 Å². The molecule has 170 valence electrons. The molecule has 0 atom stereocenters. The zero-order valence-corrected chi connectivity index (χ0v) is 18.4. The highest BCUT2D eigenvalue weighted by Crippen LogP contribution is 2.39. The van der Waals surface area contributed by atoms with Crippen molar-refractivity contribution in [2.45, 2.75) is 38.5 Å². The highest BCUT2D eigenvalue weighted by Gasteiger charge is 2.18. The Balaban J connectivity index is 1.65. The third-order valence-corrected chi connectivity index (χ3v) is 5.54. The molecule has 0 saturated heterocycles. The van der Waals surface area contributed by atoms with E-state index in [-0.39, 0.29) is 11.6 Å². The maximum absolute atomic E-state index is 12.2. The smallest absolute Gasteiger partial charge is 0.352 e. The molecule has 0 unspecified atom stereocenters. The fourth-order valence-electron chi connectivity index (χ4n) is 3.86. The van der Waals surface area contributed by atoms with Crippen LogP contribution in [0.5, 0.6) is 23.0 Å². The SMILES string of the molecule is COc1cccc(Oc2ccc(/C=C(/NC(=O)CCC3CCCC3)C(=O)O)cc2)c1OC. The Morgan fingerprint density at radius 2 is 1.72 bits per heavy atom. The topological polar surface area (TPSA) is 94.1 Å². The van der Waals surface area contributed by atoms with Gasteiger partial charge in [0.05, 0.1) is 14.2 Å². The van der Waals surface area contributed by atoms with Gasteiger partial charge in [0.1, 0.15) is 11.4 Å². The van der Waals surface area contributed by atoms with Gasteiger partial charge in [0.25, 0.3) is 0 Å². The average Bonchev–Trinajstić information content (AvgIpc) is 3.32. The second kappa shape index (κ2) is 11.2. The number of hydrogen-bond donors (Lipinski definition) is 2. The van der Waals surface area contributed by atoms with E-state index in [4.69, 9.17) is 14.2 Å². The van der Waals surface area contributed by atoms with Crippen molar-refractivity contribution in [3.8, 4) is 23.0 Å². The number of para-hydroxylation sites is 1. The monoisotopic (exact) mass is 439 g/mol. The molecule has 2 aromatic carbocycles. The van der Waals surface area contributed by atoms with E-state index in [2.05, 4.69) is 5.32 Å². The van der Waals surface area contributed by atoms with Gasteiger partial charge in [-0.25, -0.2) is 4.79 Å². The Hall–Kier alpha value is -3.48. The first-order valence-electron chi connectivity index (χ1n) is 10.7. The zero-order chi connectivity index (χ0) is 22.9. The summed E-state index contributed by atoms with van der Waals surface area (Å²) in [6.07, 6.45) is 7.33. The van der Waals surface area contributed by atoms with Crippen LogP contribution in [0, 0.1) is 5.92 Å². The minimum Gasteiger partial charge on any atom is -0.493 e. The van der Waals surface area contributed by atoms with Gasteiger partial charge in [-0.3, -0.25) is 4.79 Å². The molecule has 0 aliphatic heterocycles. The molecular weight excluding hydrogens is 410 g/mol. The van der Waals surface area contributed by atoms with Crippen molar-refractivity contribution in [1.82, 2.24) is 5.32 Å². The molecule has 1 aliphatic rings. The molecule has 7 nitrogen and oxygen atoms in total. The number of carboxylic acid groups (broad SMARTS) is 1. The van der Waals surface area contributed by atoms with E-state index in [9.17, 15) is 14.7 Å². The van der Waals surface area contributed by atoms with Crippen LogP contribution in [0.3, 0.4) is 0 Å². The van der Waals surface area contributed by atoms with E-state index in [0.717, 1.165) is 19.3 Å². The number of amides is 1. The van der Waals surface area contributed by atoms with E-state index in [1.54, 1.807) is 49.6 Å². The van der Waals surface area contributed by atoms with E-state index in [1.807, 2.05) is 0 Å². The van der Waals surface area contributed by atoms with Crippen molar-refractivity contribution in [3.05, 3.63) is 53.7 Å². The van der Waals surface area contributed by atoms with Gasteiger partial charge in [-0.2, -0.15) is 0 Å². The van der Waals surface area contributed by atoms with Gasteiger partial charge < -0.3 is 24.6 Å². The Morgan fingerprint density at radius 3 is 2.34 bits per heavy atom. The summed E-state index contributed by atoms with van der Waals surface area (Å²) in [6, 6.07) is 12.2. The van der Waals surface area contributed by atoms with Gasteiger partial charge in [-0.05, 0) is 48.2 Å². The van der Waals surface area contributed by atoms with Crippen LogP contribution < -0.4 is 19.5 Å². The summed E-state index contributed by atoms with van der Waals surface area (Å²) in [4.78, 5) is 23.8. The Kier molecular flexibility index (Phi) is 8.14. The van der Waals surface area contributed by atoms with E-state index < -0.39 is 5.97 Å². The Bertz CT molecular complexity index is 961. The predicted molar refractivity (Wildman–Crippen MR) is 121 cm³/mol. The molecule has 1 aliphatic carbocycles. The first-order valence-corrected chi connectivity index (χ1v) is 10.7. The van der Waals surface area contributed by atoms with Crippen molar-refractivity contribution < 1.29 is 28.9 Å². The van der Waals surface area contributed by atoms with Crippen LogP contribution in [0.15, 0.2) is 48.2 Å². The number of benzene rings is 2. The zero-order valence-electron chi connectivity index (χ0n) is 18.4. The summed E-state index contributed by atoms with van der Waals surface area (Å²) in [5.41, 5.74) is 0.480. The molecule has 1 saturated carbocycles. The highest BCUT2D eigenvalue weighted by atomic mass is 16.5. The van der Waals surface area contributed by atoms with Crippen molar-refractivity contribution in [2.24, 2.45) is 5.92 Å². The van der Waals surface area contributed by atoms with Crippen molar-refractivity contribution in [2.75, 3.05) is 14.2 Å². The quantitative estimate of drug-likeness (QED) is 0.506. The average molecular weight is 440 g/mol. The van der Waals surface area contributed by atoms with Crippen LogP contribution in [-0.2, 0) is 9.59 Å². The number of carbonyl (C=O) groups excluding carboxylic acids is 1. The van der Waals surface area contributed by atoms with Gasteiger partial charge in [0, 0.05) is 6.42 Å². The lowest BCUT2D eigenvalue weighted by Crippen LogP contribution is -2.27. The van der Waals surface area contributed by atoms with Crippen LogP contribution in [-0.4, -0.2) is 31.2 Å². The number of hydrogen-bond acceptors (Lipinski definition) is 5. The fourth-order valence-corrected chi connectivity index (χ4v) is 3.86. The molecule has 1 fully saturated rings. The standard InChI is InChI=1S/C25H29NO6/c1-30-21-8-5-9-22(24(21)31-2)32-19-13-10-18(11-14-19)16-20(25(28)29)26-23(27)15-12-17-6-3-4-7-17/h5,8-11,13-14,16-17H,3-4,6-7,12,15H2,1-2H3,(H,26,27)(H,28,29)/b20-16+. The summed E-state index contributed by atoms with van der Waals surface area (Å²) in [5, 5.41) is 12.0. The lowest BCUT2D eigenvalue weighted by molar-refractivity contribution is -0.134. The molecule has 7 heteroatoms.